The normalized spacial score (nSPS) is 11.8. The topological polar surface area (TPSA) is 59.1 Å². The van der Waals surface area contributed by atoms with Gasteiger partial charge in [0.25, 0.3) is 5.91 Å². The fraction of sp³-hybridized carbons (Fsp3) is 0.222. The highest BCUT2D eigenvalue weighted by molar-refractivity contribution is 5.95. The van der Waals surface area contributed by atoms with Crippen LogP contribution in [0.2, 0.25) is 0 Å². The first-order valence-electron chi connectivity index (χ1n) is 3.90. The van der Waals surface area contributed by atoms with E-state index in [-0.39, 0.29) is 5.91 Å². The van der Waals surface area contributed by atoms with Gasteiger partial charge >= 0.3 is 0 Å². The van der Waals surface area contributed by atoms with Crippen molar-refractivity contribution < 1.29 is 9.59 Å². The van der Waals surface area contributed by atoms with Crippen LogP contribution in [0.25, 0.3) is 0 Å². The van der Waals surface area contributed by atoms with Gasteiger partial charge in [0, 0.05) is 12.4 Å². The summed E-state index contributed by atoms with van der Waals surface area (Å²) in [5, 5.41) is 2.50. The first-order chi connectivity index (χ1) is 6.24. The molecule has 0 aliphatic rings. The molecule has 1 aromatic heterocycles. The molecule has 0 saturated carbocycles. The molecule has 13 heavy (non-hydrogen) atoms. The van der Waals surface area contributed by atoms with Crippen molar-refractivity contribution in [2.45, 2.75) is 13.0 Å². The van der Waals surface area contributed by atoms with Crippen LogP contribution >= 0.6 is 0 Å². The Kier molecular flexibility index (Phi) is 3.14. The second kappa shape index (κ2) is 4.35. The van der Waals surface area contributed by atoms with Crippen molar-refractivity contribution in [1.29, 1.82) is 0 Å². The van der Waals surface area contributed by atoms with Crippen LogP contribution in [-0.2, 0) is 4.79 Å². The van der Waals surface area contributed by atoms with Crippen molar-refractivity contribution >= 4 is 12.2 Å². The monoisotopic (exact) mass is 178 g/mol. The maximum Gasteiger partial charge on any atom is 0.253 e. The van der Waals surface area contributed by atoms with Crippen molar-refractivity contribution in [1.82, 2.24) is 10.3 Å². The lowest BCUT2D eigenvalue weighted by atomic mass is 10.2. The van der Waals surface area contributed by atoms with Gasteiger partial charge in [-0.1, -0.05) is 0 Å². The fourth-order valence-corrected chi connectivity index (χ4v) is 0.821. The third-order valence-electron chi connectivity index (χ3n) is 1.49. The number of hydrogen-bond donors (Lipinski definition) is 1. The van der Waals surface area contributed by atoms with Crippen LogP contribution in [0.3, 0.4) is 0 Å². The molecule has 0 spiro atoms. The molecule has 0 aliphatic heterocycles. The molecule has 68 valence electrons. The summed E-state index contributed by atoms with van der Waals surface area (Å²) in [5.41, 5.74) is 0.455. The summed E-state index contributed by atoms with van der Waals surface area (Å²) in [7, 11) is 0. The Bertz CT molecular complexity index is 298. The first-order valence-corrected chi connectivity index (χ1v) is 3.90. The Morgan fingerprint density at radius 1 is 1.69 bits per heavy atom. The highest BCUT2D eigenvalue weighted by atomic mass is 16.2. The Balaban J connectivity index is 2.64. The number of aromatic nitrogens is 1. The van der Waals surface area contributed by atoms with E-state index in [1.54, 1.807) is 25.3 Å². The third-order valence-corrected chi connectivity index (χ3v) is 1.49. The molecule has 1 rings (SSSR count). The van der Waals surface area contributed by atoms with Gasteiger partial charge in [-0.15, -0.1) is 0 Å². The summed E-state index contributed by atoms with van der Waals surface area (Å²) in [5.74, 6) is -0.285. The molecule has 1 N–H and O–H groups in total. The van der Waals surface area contributed by atoms with E-state index in [0.29, 0.717) is 11.8 Å². The minimum Gasteiger partial charge on any atom is -0.343 e. The van der Waals surface area contributed by atoms with Crippen LogP contribution in [0.15, 0.2) is 24.5 Å². The molecule has 0 aliphatic carbocycles. The lowest BCUT2D eigenvalue weighted by Crippen LogP contribution is -2.33. The molecule has 1 aromatic rings. The molecule has 4 nitrogen and oxygen atoms in total. The summed E-state index contributed by atoms with van der Waals surface area (Å²) in [6.07, 6.45) is 3.71. The molecule has 0 aromatic carbocycles. The first kappa shape index (κ1) is 9.38. The van der Waals surface area contributed by atoms with Crippen molar-refractivity contribution in [2.24, 2.45) is 0 Å². The van der Waals surface area contributed by atoms with Gasteiger partial charge in [0.05, 0.1) is 11.6 Å². The van der Waals surface area contributed by atoms with Gasteiger partial charge in [-0.05, 0) is 19.1 Å². The minimum atomic E-state index is -0.465. The summed E-state index contributed by atoms with van der Waals surface area (Å²) >= 11 is 0. The number of carbonyl (C=O) groups is 2. The molecule has 1 heterocycles. The van der Waals surface area contributed by atoms with Crippen LogP contribution in [0, 0.1) is 0 Å². The average molecular weight is 178 g/mol. The number of nitrogens with one attached hydrogen (secondary N) is 1. The van der Waals surface area contributed by atoms with Gasteiger partial charge in [-0.25, -0.2) is 0 Å². The number of aldehydes is 1. The molecule has 1 atom stereocenters. The maximum atomic E-state index is 11.3. The Morgan fingerprint density at radius 3 is 3.00 bits per heavy atom. The zero-order chi connectivity index (χ0) is 9.68. The molecule has 0 saturated heterocycles. The van der Waals surface area contributed by atoms with Crippen LogP contribution in [0.5, 0.6) is 0 Å². The number of rotatable bonds is 3. The molecule has 0 bridgehead atoms. The smallest absolute Gasteiger partial charge is 0.253 e. The van der Waals surface area contributed by atoms with Crippen molar-refractivity contribution in [2.75, 3.05) is 0 Å². The minimum absolute atomic E-state index is 0.285. The zero-order valence-electron chi connectivity index (χ0n) is 7.23. The van der Waals surface area contributed by atoms with Gasteiger partial charge in [-0.2, -0.15) is 0 Å². The van der Waals surface area contributed by atoms with Gasteiger partial charge in [0.15, 0.2) is 0 Å². The molecular weight excluding hydrogens is 168 g/mol. The van der Waals surface area contributed by atoms with Gasteiger partial charge < -0.3 is 10.1 Å². The van der Waals surface area contributed by atoms with Gasteiger partial charge in [-0.3, -0.25) is 9.78 Å². The van der Waals surface area contributed by atoms with E-state index in [1.807, 2.05) is 0 Å². The second-order valence-electron chi connectivity index (χ2n) is 2.64. The highest BCUT2D eigenvalue weighted by Crippen LogP contribution is 1.95. The number of pyridine rings is 1. The van der Waals surface area contributed by atoms with Gasteiger partial charge in [0.1, 0.15) is 6.29 Å². The van der Waals surface area contributed by atoms with E-state index in [0.717, 1.165) is 0 Å². The molecule has 0 radical (unpaired) electrons. The third kappa shape index (κ3) is 2.66. The fourth-order valence-electron chi connectivity index (χ4n) is 0.821. The maximum absolute atomic E-state index is 11.3. The number of hydrogen-bond acceptors (Lipinski definition) is 3. The Morgan fingerprint density at radius 2 is 2.46 bits per heavy atom. The quantitative estimate of drug-likeness (QED) is 0.681. The van der Waals surface area contributed by atoms with E-state index in [1.165, 1.54) is 6.20 Å². The largest absolute Gasteiger partial charge is 0.343 e. The Labute approximate surface area is 76.0 Å². The van der Waals surface area contributed by atoms with Crippen LogP contribution < -0.4 is 5.32 Å². The standard InChI is InChI=1S/C9H10N2O2/c1-7(6-12)11-9(13)8-3-2-4-10-5-8/h2-7H,1H3,(H,11,13). The lowest BCUT2D eigenvalue weighted by Gasteiger charge is -2.05. The highest BCUT2D eigenvalue weighted by Gasteiger charge is 2.07. The zero-order valence-corrected chi connectivity index (χ0v) is 7.23. The van der Waals surface area contributed by atoms with Crippen molar-refractivity contribution in [3.8, 4) is 0 Å². The molecule has 1 unspecified atom stereocenters. The summed E-state index contributed by atoms with van der Waals surface area (Å²) in [6.45, 7) is 1.61. The van der Waals surface area contributed by atoms with Crippen LogP contribution in [-0.4, -0.2) is 23.2 Å². The summed E-state index contributed by atoms with van der Waals surface area (Å²) in [4.78, 5) is 25.3. The van der Waals surface area contributed by atoms with E-state index in [2.05, 4.69) is 10.3 Å². The lowest BCUT2D eigenvalue weighted by molar-refractivity contribution is -0.109. The van der Waals surface area contributed by atoms with E-state index in [9.17, 15) is 9.59 Å². The number of amides is 1. The molecule has 4 heteroatoms. The van der Waals surface area contributed by atoms with E-state index in [4.69, 9.17) is 0 Å². The second-order valence-corrected chi connectivity index (χ2v) is 2.64. The van der Waals surface area contributed by atoms with Crippen LogP contribution in [0.4, 0.5) is 0 Å². The molecule has 1 amide bonds. The number of nitrogens with zero attached hydrogens (tertiary/aromatic N) is 1. The average Bonchev–Trinajstić information content (AvgIpc) is 2.19. The summed E-state index contributed by atoms with van der Waals surface area (Å²) < 4.78 is 0. The number of carbonyl (C=O) groups excluding carboxylic acids is 2. The molecular formula is C9H10N2O2. The van der Waals surface area contributed by atoms with Crippen LogP contribution in [0.1, 0.15) is 17.3 Å². The van der Waals surface area contributed by atoms with E-state index < -0.39 is 6.04 Å². The molecule has 0 fully saturated rings. The van der Waals surface area contributed by atoms with Crippen molar-refractivity contribution in [3.05, 3.63) is 30.1 Å². The van der Waals surface area contributed by atoms with E-state index >= 15 is 0 Å². The predicted octanol–water partition coefficient (Wildman–Crippen LogP) is 0.399. The SMILES string of the molecule is CC(C=O)NC(=O)c1cccnc1. The summed E-state index contributed by atoms with van der Waals surface area (Å²) in [6, 6.07) is 2.84. The van der Waals surface area contributed by atoms with Gasteiger partial charge in [0.2, 0.25) is 0 Å². The van der Waals surface area contributed by atoms with Crippen molar-refractivity contribution in [3.63, 3.8) is 0 Å². The Hall–Kier alpha value is -1.71. The predicted molar refractivity (Wildman–Crippen MR) is 47.2 cm³/mol.